The van der Waals surface area contributed by atoms with Crippen LogP contribution in [0.25, 0.3) is 11.0 Å². The van der Waals surface area contributed by atoms with Crippen molar-refractivity contribution >= 4 is 51.8 Å². The Bertz CT molecular complexity index is 1230. The van der Waals surface area contributed by atoms with Gasteiger partial charge in [0.15, 0.2) is 11.6 Å². The SMILES string of the molecule is Clc1ccc(Cl)c(CN2CCN(c3nc4ccccc4nc3Nc3nccnn3)CC2)c1. The monoisotopic (exact) mass is 466 g/mol. The molecule has 0 bridgehead atoms. The van der Waals surface area contributed by atoms with Crippen LogP contribution < -0.4 is 10.2 Å². The van der Waals surface area contributed by atoms with Gasteiger partial charge in [0, 0.05) is 42.8 Å². The predicted molar refractivity (Wildman–Crippen MR) is 127 cm³/mol. The van der Waals surface area contributed by atoms with Crippen molar-refractivity contribution in [2.45, 2.75) is 6.54 Å². The molecule has 1 saturated heterocycles. The first-order valence-electron chi connectivity index (χ1n) is 10.2. The lowest BCUT2D eigenvalue weighted by molar-refractivity contribution is 0.249. The topological polar surface area (TPSA) is 83.0 Å². The molecule has 0 radical (unpaired) electrons. The molecule has 1 fully saturated rings. The fourth-order valence-corrected chi connectivity index (χ4v) is 4.10. The fraction of sp³-hybridized carbons (Fsp3) is 0.227. The molecule has 0 unspecified atom stereocenters. The zero-order valence-electron chi connectivity index (χ0n) is 17.1. The maximum Gasteiger partial charge on any atom is 0.248 e. The van der Waals surface area contributed by atoms with Crippen molar-refractivity contribution in [1.82, 2.24) is 30.0 Å². The van der Waals surface area contributed by atoms with Crippen LogP contribution in [0.2, 0.25) is 10.0 Å². The van der Waals surface area contributed by atoms with Gasteiger partial charge < -0.3 is 10.2 Å². The molecule has 0 amide bonds. The number of para-hydroxylation sites is 2. The molecular weight excluding hydrogens is 447 g/mol. The van der Waals surface area contributed by atoms with E-state index in [9.17, 15) is 0 Å². The summed E-state index contributed by atoms with van der Waals surface area (Å²) in [6.07, 6.45) is 3.12. The van der Waals surface area contributed by atoms with E-state index in [1.54, 1.807) is 6.20 Å². The zero-order valence-corrected chi connectivity index (χ0v) is 18.6. The van der Waals surface area contributed by atoms with Crippen molar-refractivity contribution in [3.8, 4) is 0 Å². The molecule has 10 heteroatoms. The first kappa shape index (κ1) is 20.8. The standard InChI is InChI=1S/C22H20Cl2N8/c23-16-5-6-17(24)15(13-16)14-31-9-11-32(12-10-31)21-20(29-22-25-7-8-26-30-22)27-18-3-1-2-4-19(18)28-21/h1-8,13H,9-12,14H2,(H,25,27,29,30). The van der Waals surface area contributed by atoms with Gasteiger partial charge in [0.2, 0.25) is 5.95 Å². The van der Waals surface area contributed by atoms with Gasteiger partial charge >= 0.3 is 0 Å². The van der Waals surface area contributed by atoms with E-state index >= 15 is 0 Å². The van der Waals surface area contributed by atoms with Crippen LogP contribution >= 0.6 is 23.2 Å². The Kier molecular flexibility index (Phi) is 5.98. The smallest absolute Gasteiger partial charge is 0.248 e. The number of hydrogen-bond donors (Lipinski definition) is 1. The second-order valence-electron chi connectivity index (χ2n) is 7.47. The van der Waals surface area contributed by atoms with Crippen LogP contribution in [0.5, 0.6) is 0 Å². The van der Waals surface area contributed by atoms with Gasteiger partial charge in [-0.1, -0.05) is 35.3 Å². The van der Waals surface area contributed by atoms with Gasteiger partial charge in [0.05, 0.1) is 23.4 Å². The van der Waals surface area contributed by atoms with Crippen molar-refractivity contribution in [2.24, 2.45) is 0 Å². The van der Waals surface area contributed by atoms with Crippen LogP contribution in [-0.4, -0.2) is 56.2 Å². The first-order chi connectivity index (χ1) is 15.7. The van der Waals surface area contributed by atoms with Crippen LogP contribution in [0.3, 0.4) is 0 Å². The van der Waals surface area contributed by atoms with Gasteiger partial charge in [0.1, 0.15) is 0 Å². The highest BCUT2D eigenvalue weighted by atomic mass is 35.5. The minimum atomic E-state index is 0.382. The van der Waals surface area contributed by atoms with E-state index in [-0.39, 0.29) is 0 Å². The fourth-order valence-electron chi connectivity index (χ4n) is 3.73. The highest BCUT2D eigenvalue weighted by molar-refractivity contribution is 6.33. The lowest BCUT2D eigenvalue weighted by Crippen LogP contribution is -2.46. The Balaban J connectivity index is 1.37. The molecule has 0 spiro atoms. The Morgan fingerprint density at radius 3 is 2.44 bits per heavy atom. The van der Waals surface area contributed by atoms with E-state index in [0.29, 0.717) is 16.8 Å². The Morgan fingerprint density at radius 1 is 0.906 bits per heavy atom. The van der Waals surface area contributed by atoms with Crippen molar-refractivity contribution in [2.75, 3.05) is 36.4 Å². The highest BCUT2D eigenvalue weighted by Crippen LogP contribution is 2.28. The summed E-state index contributed by atoms with van der Waals surface area (Å²) in [5, 5.41) is 12.5. The first-order valence-corrected chi connectivity index (χ1v) is 11.0. The van der Waals surface area contributed by atoms with E-state index < -0.39 is 0 Å². The van der Waals surface area contributed by atoms with Gasteiger partial charge in [-0.15, -0.1) is 5.10 Å². The number of hydrogen-bond acceptors (Lipinski definition) is 8. The van der Waals surface area contributed by atoms with Crippen LogP contribution in [0, 0.1) is 0 Å². The molecule has 2 aromatic heterocycles. The Hall–Kier alpha value is -3.07. The maximum absolute atomic E-state index is 6.35. The minimum absolute atomic E-state index is 0.382. The van der Waals surface area contributed by atoms with Crippen LogP contribution in [0.1, 0.15) is 5.56 Å². The van der Waals surface area contributed by atoms with E-state index in [0.717, 1.165) is 60.2 Å². The average molecular weight is 467 g/mol. The molecule has 0 saturated carbocycles. The summed E-state index contributed by atoms with van der Waals surface area (Å²) < 4.78 is 0. The predicted octanol–water partition coefficient (Wildman–Crippen LogP) is 4.19. The molecule has 4 aromatic rings. The summed E-state index contributed by atoms with van der Waals surface area (Å²) in [7, 11) is 0. The molecule has 5 rings (SSSR count). The van der Waals surface area contributed by atoms with Gasteiger partial charge in [-0.3, -0.25) is 4.90 Å². The molecular formula is C22H20Cl2N8. The Labute approximate surface area is 195 Å². The van der Waals surface area contributed by atoms with E-state index in [1.165, 1.54) is 6.20 Å². The summed E-state index contributed by atoms with van der Waals surface area (Å²) in [6, 6.07) is 13.4. The highest BCUT2D eigenvalue weighted by Gasteiger charge is 2.23. The number of fused-ring (bicyclic) bond motifs is 1. The number of aromatic nitrogens is 5. The van der Waals surface area contributed by atoms with Gasteiger partial charge in [0.25, 0.3) is 0 Å². The minimum Gasteiger partial charge on any atom is -0.351 e. The van der Waals surface area contributed by atoms with Crippen molar-refractivity contribution in [3.05, 3.63) is 70.5 Å². The van der Waals surface area contributed by atoms with E-state index in [4.69, 9.17) is 33.2 Å². The van der Waals surface area contributed by atoms with Gasteiger partial charge in [-0.05, 0) is 35.9 Å². The molecule has 162 valence electrons. The normalized spacial score (nSPS) is 14.6. The third-order valence-corrected chi connectivity index (χ3v) is 5.94. The lowest BCUT2D eigenvalue weighted by atomic mass is 10.2. The third-order valence-electron chi connectivity index (χ3n) is 5.34. The van der Waals surface area contributed by atoms with Crippen LogP contribution in [0.15, 0.2) is 54.9 Å². The van der Waals surface area contributed by atoms with Crippen LogP contribution in [-0.2, 0) is 6.54 Å². The summed E-state index contributed by atoms with van der Waals surface area (Å²) in [5.74, 6) is 1.77. The number of nitrogens with zero attached hydrogens (tertiary/aromatic N) is 7. The molecule has 1 aliphatic rings. The number of rotatable bonds is 5. The summed E-state index contributed by atoms with van der Waals surface area (Å²) in [5.41, 5.74) is 2.68. The molecule has 8 nitrogen and oxygen atoms in total. The van der Waals surface area contributed by atoms with Crippen molar-refractivity contribution in [3.63, 3.8) is 0 Å². The molecule has 3 heterocycles. The summed E-state index contributed by atoms with van der Waals surface area (Å²) >= 11 is 12.5. The quantitative estimate of drug-likeness (QED) is 0.468. The molecule has 1 aliphatic heterocycles. The van der Waals surface area contributed by atoms with Crippen LogP contribution in [0.4, 0.5) is 17.6 Å². The second-order valence-corrected chi connectivity index (χ2v) is 8.32. The number of anilines is 3. The zero-order chi connectivity index (χ0) is 21.9. The number of benzene rings is 2. The number of piperazine rings is 1. The summed E-state index contributed by atoms with van der Waals surface area (Å²) in [6.45, 7) is 4.08. The molecule has 1 N–H and O–H groups in total. The van der Waals surface area contributed by atoms with E-state index in [1.807, 2.05) is 42.5 Å². The molecule has 0 atom stereocenters. The van der Waals surface area contributed by atoms with Gasteiger partial charge in [-0.25, -0.2) is 15.0 Å². The largest absolute Gasteiger partial charge is 0.351 e. The van der Waals surface area contributed by atoms with Crippen molar-refractivity contribution < 1.29 is 0 Å². The maximum atomic E-state index is 6.35. The number of halogens is 2. The molecule has 32 heavy (non-hydrogen) atoms. The second kappa shape index (κ2) is 9.20. The Morgan fingerprint density at radius 2 is 1.69 bits per heavy atom. The summed E-state index contributed by atoms with van der Waals surface area (Å²) in [4.78, 5) is 18.5. The molecule has 2 aromatic carbocycles. The van der Waals surface area contributed by atoms with Gasteiger partial charge in [-0.2, -0.15) is 5.10 Å². The van der Waals surface area contributed by atoms with E-state index in [2.05, 4.69) is 30.3 Å². The lowest BCUT2D eigenvalue weighted by Gasteiger charge is -2.36. The molecule has 0 aliphatic carbocycles. The number of nitrogens with one attached hydrogen (secondary N) is 1. The average Bonchev–Trinajstić information content (AvgIpc) is 2.82. The third kappa shape index (κ3) is 4.57. The van der Waals surface area contributed by atoms with Crippen molar-refractivity contribution in [1.29, 1.82) is 0 Å².